The van der Waals surface area contributed by atoms with Gasteiger partial charge >= 0.3 is 0 Å². The molecule has 2 heterocycles. The Bertz CT molecular complexity index is 686. The lowest BCUT2D eigenvalue weighted by atomic mass is 10.1. The van der Waals surface area contributed by atoms with Crippen LogP contribution in [0.1, 0.15) is 15.9 Å². The van der Waals surface area contributed by atoms with E-state index in [0.29, 0.717) is 17.8 Å². The van der Waals surface area contributed by atoms with Gasteiger partial charge in [-0.25, -0.2) is 0 Å². The minimum absolute atomic E-state index is 0.124. The Morgan fingerprint density at radius 2 is 2.11 bits per heavy atom. The Morgan fingerprint density at radius 3 is 2.84 bits per heavy atom. The zero-order chi connectivity index (χ0) is 13.4. The number of carbonyl (C=O) groups is 1. The van der Waals surface area contributed by atoms with Crippen LogP contribution in [0.3, 0.4) is 0 Å². The predicted octanol–water partition coefficient (Wildman–Crippen LogP) is 1.16. The second-order valence-electron chi connectivity index (χ2n) is 4.54. The first-order valence-corrected chi connectivity index (χ1v) is 6.04. The van der Waals surface area contributed by atoms with E-state index in [9.17, 15) is 9.59 Å². The molecule has 0 saturated carbocycles. The van der Waals surface area contributed by atoms with Gasteiger partial charge in [0.2, 0.25) is 5.56 Å². The Kier molecular flexibility index (Phi) is 2.59. The summed E-state index contributed by atoms with van der Waals surface area (Å²) < 4.78 is 0. The molecule has 0 fully saturated rings. The number of aromatic amines is 1. The van der Waals surface area contributed by atoms with Gasteiger partial charge in [-0.3, -0.25) is 9.59 Å². The monoisotopic (exact) mass is 255 g/mol. The number of benzene rings is 1. The van der Waals surface area contributed by atoms with Crippen LogP contribution in [-0.4, -0.2) is 17.4 Å². The molecule has 3 rings (SSSR count). The maximum atomic E-state index is 12.4. The number of carbonyl (C=O) groups excluding carboxylic acids is 1. The van der Waals surface area contributed by atoms with Crippen molar-refractivity contribution in [2.45, 2.75) is 6.42 Å². The van der Waals surface area contributed by atoms with Crippen LogP contribution < -0.4 is 16.2 Å². The third-order valence-electron chi connectivity index (χ3n) is 3.28. The van der Waals surface area contributed by atoms with Crippen LogP contribution in [0.25, 0.3) is 0 Å². The SMILES string of the molecule is Nc1ccc2c(c1)N(C(=O)c1ccc(=O)[nH]c1)CC2. The number of nitrogens with zero attached hydrogens (tertiary/aromatic N) is 1. The topological polar surface area (TPSA) is 79.2 Å². The number of fused-ring (bicyclic) bond motifs is 1. The van der Waals surface area contributed by atoms with Crippen LogP contribution in [0.2, 0.25) is 0 Å². The Morgan fingerprint density at radius 1 is 1.26 bits per heavy atom. The molecule has 0 saturated heterocycles. The zero-order valence-corrected chi connectivity index (χ0v) is 10.2. The number of nitrogen functional groups attached to an aromatic ring is 1. The van der Waals surface area contributed by atoms with Crippen LogP contribution in [0.15, 0.2) is 41.3 Å². The maximum absolute atomic E-state index is 12.4. The lowest BCUT2D eigenvalue weighted by Gasteiger charge is -2.17. The second kappa shape index (κ2) is 4.28. The van der Waals surface area contributed by atoms with Crippen molar-refractivity contribution >= 4 is 17.3 Å². The molecule has 0 bridgehead atoms. The fourth-order valence-electron chi connectivity index (χ4n) is 2.31. The van der Waals surface area contributed by atoms with Crippen LogP contribution in [0.5, 0.6) is 0 Å². The molecule has 0 aliphatic carbocycles. The molecule has 5 nitrogen and oxygen atoms in total. The normalized spacial score (nSPS) is 13.4. The van der Waals surface area contributed by atoms with E-state index >= 15 is 0 Å². The van der Waals surface area contributed by atoms with Gasteiger partial charge in [-0.2, -0.15) is 0 Å². The van der Waals surface area contributed by atoms with Gasteiger partial charge in [0, 0.05) is 30.2 Å². The molecule has 0 spiro atoms. The van der Waals surface area contributed by atoms with Crippen molar-refractivity contribution in [3.05, 3.63) is 58.0 Å². The van der Waals surface area contributed by atoms with Crippen LogP contribution in [-0.2, 0) is 6.42 Å². The largest absolute Gasteiger partial charge is 0.399 e. The van der Waals surface area contributed by atoms with Gasteiger partial charge in [0.1, 0.15) is 0 Å². The number of amides is 1. The summed E-state index contributed by atoms with van der Waals surface area (Å²) in [5.41, 5.74) is 8.63. The molecule has 1 aliphatic rings. The lowest BCUT2D eigenvalue weighted by molar-refractivity contribution is 0.0989. The average molecular weight is 255 g/mol. The molecule has 2 aromatic rings. The van der Waals surface area contributed by atoms with Crippen molar-refractivity contribution in [1.29, 1.82) is 0 Å². The third kappa shape index (κ3) is 1.99. The molecule has 1 aliphatic heterocycles. The Balaban J connectivity index is 1.97. The molecule has 1 aromatic carbocycles. The summed E-state index contributed by atoms with van der Waals surface area (Å²) in [5.74, 6) is -0.124. The van der Waals surface area contributed by atoms with Gasteiger partial charge in [-0.05, 0) is 30.2 Å². The summed E-state index contributed by atoms with van der Waals surface area (Å²) in [6, 6.07) is 8.48. The minimum atomic E-state index is -0.220. The van der Waals surface area contributed by atoms with Crippen LogP contribution in [0, 0.1) is 0 Å². The average Bonchev–Trinajstić information content (AvgIpc) is 2.81. The molecule has 0 radical (unpaired) electrons. The van der Waals surface area contributed by atoms with Crippen LogP contribution >= 0.6 is 0 Å². The van der Waals surface area contributed by atoms with E-state index < -0.39 is 0 Å². The van der Waals surface area contributed by atoms with Gasteiger partial charge in [0.15, 0.2) is 0 Å². The summed E-state index contributed by atoms with van der Waals surface area (Å²) in [7, 11) is 0. The highest BCUT2D eigenvalue weighted by molar-refractivity contribution is 6.07. The predicted molar refractivity (Wildman–Crippen MR) is 73.3 cm³/mol. The number of pyridine rings is 1. The minimum Gasteiger partial charge on any atom is -0.399 e. The molecule has 1 aromatic heterocycles. The van der Waals surface area contributed by atoms with Crippen molar-refractivity contribution in [1.82, 2.24) is 4.98 Å². The Hall–Kier alpha value is -2.56. The van der Waals surface area contributed by atoms with Crippen molar-refractivity contribution < 1.29 is 4.79 Å². The summed E-state index contributed by atoms with van der Waals surface area (Å²) in [4.78, 5) is 27.6. The number of nitrogens with one attached hydrogen (secondary N) is 1. The molecule has 3 N–H and O–H groups in total. The number of aromatic nitrogens is 1. The first kappa shape index (κ1) is 11.5. The van der Waals surface area contributed by atoms with E-state index in [1.165, 1.54) is 18.3 Å². The highest BCUT2D eigenvalue weighted by Gasteiger charge is 2.25. The van der Waals surface area contributed by atoms with E-state index in [2.05, 4.69) is 4.98 Å². The van der Waals surface area contributed by atoms with Crippen molar-refractivity contribution in [2.24, 2.45) is 0 Å². The van der Waals surface area contributed by atoms with E-state index in [0.717, 1.165) is 17.7 Å². The molecular formula is C14H13N3O2. The fraction of sp³-hybridized carbons (Fsp3) is 0.143. The summed E-state index contributed by atoms with van der Waals surface area (Å²) in [6.45, 7) is 0.636. The van der Waals surface area contributed by atoms with E-state index in [-0.39, 0.29) is 11.5 Å². The molecule has 5 heteroatoms. The first-order chi connectivity index (χ1) is 9.15. The molecule has 1 amide bonds. The summed E-state index contributed by atoms with van der Waals surface area (Å²) >= 11 is 0. The van der Waals surface area contributed by atoms with E-state index in [1.807, 2.05) is 18.2 Å². The van der Waals surface area contributed by atoms with Gasteiger partial charge in [0.05, 0.1) is 5.56 Å². The van der Waals surface area contributed by atoms with Gasteiger partial charge in [-0.15, -0.1) is 0 Å². The smallest absolute Gasteiger partial charge is 0.259 e. The fourth-order valence-corrected chi connectivity index (χ4v) is 2.31. The van der Waals surface area contributed by atoms with Gasteiger partial charge in [-0.1, -0.05) is 6.07 Å². The first-order valence-electron chi connectivity index (χ1n) is 6.04. The quantitative estimate of drug-likeness (QED) is 0.750. The number of rotatable bonds is 1. The third-order valence-corrected chi connectivity index (χ3v) is 3.28. The number of anilines is 2. The summed E-state index contributed by atoms with van der Waals surface area (Å²) in [5, 5.41) is 0. The number of nitrogens with two attached hydrogens (primary N) is 1. The van der Waals surface area contributed by atoms with Gasteiger partial charge in [0.25, 0.3) is 5.91 Å². The highest BCUT2D eigenvalue weighted by atomic mass is 16.2. The molecule has 19 heavy (non-hydrogen) atoms. The molecule has 0 atom stereocenters. The number of hydrogen-bond acceptors (Lipinski definition) is 3. The maximum Gasteiger partial charge on any atom is 0.259 e. The van der Waals surface area contributed by atoms with Crippen molar-refractivity contribution in [3.63, 3.8) is 0 Å². The highest BCUT2D eigenvalue weighted by Crippen LogP contribution is 2.30. The second-order valence-corrected chi connectivity index (χ2v) is 4.54. The van der Waals surface area contributed by atoms with E-state index in [4.69, 9.17) is 5.73 Å². The number of H-pyrrole nitrogens is 1. The lowest BCUT2D eigenvalue weighted by Crippen LogP contribution is -2.29. The van der Waals surface area contributed by atoms with Crippen molar-refractivity contribution in [3.8, 4) is 0 Å². The van der Waals surface area contributed by atoms with Crippen molar-refractivity contribution in [2.75, 3.05) is 17.2 Å². The summed E-state index contributed by atoms with van der Waals surface area (Å²) in [6.07, 6.45) is 2.26. The number of hydrogen-bond donors (Lipinski definition) is 2. The molecular weight excluding hydrogens is 242 g/mol. The Labute approximate surface area is 109 Å². The van der Waals surface area contributed by atoms with Gasteiger partial charge < -0.3 is 15.6 Å². The molecule has 96 valence electrons. The zero-order valence-electron chi connectivity index (χ0n) is 10.2. The van der Waals surface area contributed by atoms with E-state index in [1.54, 1.807) is 4.90 Å². The molecule has 0 unspecified atom stereocenters. The standard InChI is InChI=1S/C14H13N3O2/c15-11-3-1-9-5-6-17(12(9)7-11)14(19)10-2-4-13(18)16-8-10/h1-4,7-8H,5-6,15H2,(H,16,18). The van der Waals surface area contributed by atoms with Crippen LogP contribution in [0.4, 0.5) is 11.4 Å².